The summed E-state index contributed by atoms with van der Waals surface area (Å²) in [7, 11) is 0. The van der Waals surface area contributed by atoms with Crippen molar-refractivity contribution >= 4 is 28.8 Å². The molecule has 3 atom stereocenters. The molecule has 3 rings (SSSR count). The molecule has 1 aliphatic rings. The van der Waals surface area contributed by atoms with Crippen molar-refractivity contribution in [1.29, 1.82) is 0 Å². The first-order valence-corrected chi connectivity index (χ1v) is 9.75. The first-order chi connectivity index (χ1) is 14.0. The maximum atomic E-state index is 12.4. The number of carbonyl (C=O) groups is 3. The second kappa shape index (κ2) is 9.56. The molecule has 29 heavy (non-hydrogen) atoms. The molecule has 0 saturated carbocycles. The minimum absolute atomic E-state index is 0.0154. The highest BCUT2D eigenvalue weighted by Crippen LogP contribution is 2.23. The molecular weight excluding hydrogens is 378 g/mol. The summed E-state index contributed by atoms with van der Waals surface area (Å²) in [5.74, 6) is -1.28. The Kier molecular flexibility index (Phi) is 6.87. The van der Waals surface area contributed by atoms with Crippen molar-refractivity contribution < 1.29 is 33.3 Å². The number of hydrogen-bond donors (Lipinski definition) is 1. The van der Waals surface area contributed by atoms with E-state index < -0.39 is 36.4 Å². The number of aromatic nitrogens is 1. The van der Waals surface area contributed by atoms with E-state index in [1.165, 1.54) is 0 Å². The van der Waals surface area contributed by atoms with Gasteiger partial charge in [-0.15, -0.1) is 0 Å². The average Bonchev–Trinajstić information content (AvgIpc) is 3.12. The van der Waals surface area contributed by atoms with Crippen LogP contribution in [0.1, 0.15) is 38.7 Å². The van der Waals surface area contributed by atoms with Gasteiger partial charge < -0.3 is 23.9 Å². The van der Waals surface area contributed by atoms with Crippen LogP contribution < -0.4 is 0 Å². The summed E-state index contributed by atoms with van der Waals surface area (Å²) in [5, 5.41) is 0.954. The third-order valence-electron chi connectivity index (χ3n) is 4.70. The number of benzene rings is 1. The Hall–Kier alpha value is -2.87. The Morgan fingerprint density at radius 2 is 1.69 bits per heavy atom. The van der Waals surface area contributed by atoms with Crippen LogP contribution in [-0.4, -0.2) is 48.0 Å². The van der Waals surface area contributed by atoms with Crippen molar-refractivity contribution in [2.24, 2.45) is 0 Å². The van der Waals surface area contributed by atoms with Crippen LogP contribution in [0, 0.1) is 0 Å². The number of aromatic amines is 1. The van der Waals surface area contributed by atoms with E-state index in [0.29, 0.717) is 0 Å². The topological polar surface area (TPSA) is 104 Å². The third-order valence-corrected chi connectivity index (χ3v) is 4.70. The molecule has 0 unspecified atom stereocenters. The summed E-state index contributed by atoms with van der Waals surface area (Å²) >= 11 is 0. The summed E-state index contributed by atoms with van der Waals surface area (Å²) in [4.78, 5) is 38.9. The van der Waals surface area contributed by atoms with Gasteiger partial charge in [-0.25, -0.2) is 0 Å². The summed E-state index contributed by atoms with van der Waals surface area (Å²) in [6, 6.07) is 7.67. The highest BCUT2D eigenvalue weighted by molar-refractivity contribution is 5.87. The Morgan fingerprint density at radius 1 is 1.00 bits per heavy atom. The summed E-state index contributed by atoms with van der Waals surface area (Å²) < 4.78 is 21.7. The lowest BCUT2D eigenvalue weighted by atomic mass is 10.1. The molecule has 0 amide bonds. The standard InChI is InChI=1S/C21H25NO7/c1-3-18(23)27-16-10-21(26-12-17(16)28-19(24)4-2)29-20(25)9-13-11-22-15-8-6-5-7-14(13)15/h5-8,11,16-17,21-22H,3-4,9-10,12H2,1-2H3/t16-,17-,21-/m1/s1. The van der Waals surface area contributed by atoms with Gasteiger partial charge in [-0.2, -0.15) is 0 Å². The molecule has 2 aromatic rings. The van der Waals surface area contributed by atoms with Crippen LogP contribution in [0.5, 0.6) is 0 Å². The monoisotopic (exact) mass is 403 g/mol. The lowest BCUT2D eigenvalue weighted by molar-refractivity contribution is -0.230. The van der Waals surface area contributed by atoms with Gasteiger partial charge >= 0.3 is 17.9 Å². The Balaban J connectivity index is 1.60. The highest BCUT2D eigenvalue weighted by Gasteiger charge is 2.38. The Bertz CT molecular complexity index is 875. The highest BCUT2D eigenvalue weighted by atomic mass is 16.7. The molecule has 8 nitrogen and oxygen atoms in total. The minimum Gasteiger partial charge on any atom is -0.458 e. The molecule has 1 aromatic carbocycles. The SMILES string of the molecule is CCC(=O)O[C@@H]1CO[C@H](OC(=O)Cc2c[nH]c3ccccc23)C[C@H]1OC(=O)CC. The number of fused-ring (bicyclic) bond motifs is 1. The van der Waals surface area contributed by atoms with Crippen molar-refractivity contribution in [1.82, 2.24) is 4.98 Å². The lowest BCUT2D eigenvalue weighted by Gasteiger charge is -2.34. The molecule has 0 bridgehead atoms. The van der Waals surface area contributed by atoms with Crippen LogP contribution in [0.2, 0.25) is 0 Å². The summed E-state index contributed by atoms with van der Waals surface area (Å²) in [6.07, 6.45) is 0.0350. The number of carbonyl (C=O) groups excluding carboxylic acids is 3. The number of para-hydroxylation sites is 1. The van der Waals surface area contributed by atoms with E-state index >= 15 is 0 Å². The van der Waals surface area contributed by atoms with E-state index in [2.05, 4.69) is 4.98 Å². The molecule has 0 aliphatic carbocycles. The van der Waals surface area contributed by atoms with Gasteiger partial charge in [0.05, 0.1) is 19.4 Å². The predicted octanol–water partition coefficient (Wildman–Crippen LogP) is 2.64. The lowest BCUT2D eigenvalue weighted by Crippen LogP contribution is -2.47. The summed E-state index contributed by atoms with van der Waals surface area (Å²) in [5.41, 5.74) is 1.77. The smallest absolute Gasteiger partial charge is 0.312 e. The minimum atomic E-state index is -0.876. The molecule has 1 N–H and O–H groups in total. The molecule has 2 heterocycles. The van der Waals surface area contributed by atoms with Crippen LogP contribution in [0.25, 0.3) is 10.9 Å². The van der Waals surface area contributed by atoms with E-state index in [4.69, 9.17) is 18.9 Å². The molecule has 0 radical (unpaired) electrons. The van der Waals surface area contributed by atoms with E-state index in [0.717, 1.165) is 16.5 Å². The third kappa shape index (κ3) is 5.35. The zero-order chi connectivity index (χ0) is 20.8. The van der Waals surface area contributed by atoms with Crippen LogP contribution in [0.15, 0.2) is 30.5 Å². The molecule has 1 aliphatic heterocycles. The molecule has 156 valence electrons. The fourth-order valence-corrected chi connectivity index (χ4v) is 3.16. The van der Waals surface area contributed by atoms with Gasteiger partial charge in [-0.3, -0.25) is 14.4 Å². The normalized spacial score (nSPS) is 21.5. The maximum Gasteiger partial charge on any atom is 0.312 e. The number of rotatable bonds is 7. The molecule has 1 fully saturated rings. The molecule has 8 heteroatoms. The fourth-order valence-electron chi connectivity index (χ4n) is 3.16. The van der Waals surface area contributed by atoms with Crippen molar-refractivity contribution in [3.8, 4) is 0 Å². The Labute approximate surface area is 168 Å². The van der Waals surface area contributed by atoms with E-state index in [1.54, 1.807) is 20.0 Å². The van der Waals surface area contributed by atoms with E-state index in [9.17, 15) is 14.4 Å². The van der Waals surface area contributed by atoms with Gasteiger partial charge in [-0.05, 0) is 11.6 Å². The molecular formula is C21H25NO7. The number of ether oxygens (including phenoxy) is 4. The number of nitrogens with one attached hydrogen (secondary N) is 1. The zero-order valence-electron chi connectivity index (χ0n) is 16.5. The van der Waals surface area contributed by atoms with E-state index in [-0.39, 0.29) is 32.3 Å². The fraction of sp³-hybridized carbons (Fsp3) is 0.476. The largest absolute Gasteiger partial charge is 0.458 e. The van der Waals surface area contributed by atoms with Crippen molar-refractivity contribution in [2.45, 2.75) is 58.0 Å². The van der Waals surface area contributed by atoms with E-state index in [1.807, 2.05) is 24.3 Å². The van der Waals surface area contributed by atoms with Crippen molar-refractivity contribution in [2.75, 3.05) is 6.61 Å². The van der Waals surface area contributed by atoms with Gasteiger partial charge in [0.2, 0.25) is 6.29 Å². The second-order valence-electron chi connectivity index (χ2n) is 6.79. The number of hydrogen-bond acceptors (Lipinski definition) is 7. The van der Waals surface area contributed by atoms with Gasteiger partial charge in [0.1, 0.15) is 6.10 Å². The quantitative estimate of drug-likeness (QED) is 0.560. The zero-order valence-corrected chi connectivity index (χ0v) is 16.5. The number of H-pyrrole nitrogens is 1. The van der Waals surface area contributed by atoms with Gasteiger partial charge in [0.25, 0.3) is 0 Å². The number of esters is 3. The van der Waals surface area contributed by atoms with Gasteiger partial charge in [-0.1, -0.05) is 32.0 Å². The van der Waals surface area contributed by atoms with Crippen molar-refractivity contribution in [3.63, 3.8) is 0 Å². The summed E-state index contributed by atoms with van der Waals surface area (Å²) in [6.45, 7) is 3.33. The van der Waals surface area contributed by atoms with Crippen LogP contribution in [0.4, 0.5) is 0 Å². The van der Waals surface area contributed by atoms with Crippen LogP contribution >= 0.6 is 0 Å². The first-order valence-electron chi connectivity index (χ1n) is 9.75. The van der Waals surface area contributed by atoms with Crippen LogP contribution in [0.3, 0.4) is 0 Å². The predicted molar refractivity (Wildman–Crippen MR) is 103 cm³/mol. The van der Waals surface area contributed by atoms with Gasteiger partial charge in [0, 0.05) is 29.9 Å². The molecule has 1 saturated heterocycles. The maximum absolute atomic E-state index is 12.4. The molecule has 0 spiro atoms. The van der Waals surface area contributed by atoms with Crippen LogP contribution in [-0.2, 0) is 39.8 Å². The molecule has 1 aromatic heterocycles. The second-order valence-corrected chi connectivity index (χ2v) is 6.79. The van der Waals surface area contributed by atoms with Crippen molar-refractivity contribution in [3.05, 3.63) is 36.0 Å². The Morgan fingerprint density at radius 3 is 2.41 bits per heavy atom. The average molecular weight is 403 g/mol. The first kappa shape index (κ1) is 20.9. The van der Waals surface area contributed by atoms with Gasteiger partial charge in [0.15, 0.2) is 6.10 Å².